The molecule has 0 saturated carbocycles. The van der Waals surface area contributed by atoms with Gasteiger partial charge >= 0.3 is 0 Å². The van der Waals surface area contributed by atoms with Crippen LogP contribution in [0.3, 0.4) is 0 Å². The Hall–Kier alpha value is -2.59. The third-order valence-electron chi connectivity index (χ3n) is 3.39. The van der Waals surface area contributed by atoms with Gasteiger partial charge in [-0.2, -0.15) is 0 Å². The van der Waals surface area contributed by atoms with Gasteiger partial charge in [0.1, 0.15) is 5.75 Å². The summed E-state index contributed by atoms with van der Waals surface area (Å²) < 4.78 is 5.13. The summed E-state index contributed by atoms with van der Waals surface area (Å²) in [6.45, 7) is 0. The zero-order chi connectivity index (χ0) is 15.7. The Morgan fingerprint density at radius 1 is 1.05 bits per heavy atom. The molecule has 0 aliphatic carbocycles. The number of amides is 2. The Kier molecular flexibility index (Phi) is 3.69. The van der Waals surface area contributed by atoms with Crippen LogP contribution in [0.1, 0.15) is 5.56 Å². The van der Waals surface area contributed by atoms with Crippen molar-refractivity contribution in [2.75, 3.05) is 12.0 Å². The van der Waals surface area contributed by atoms with Gasteiger partial charge in [-0.3, -0.25) is 9.59 Å². The molecule has 0 fully saturated rings. The molecule has 4 nitrogen and oxygen atoms in total. The second kappa shape index (κ2) is 5.66. The lowest BCUT2D eigenvalue weighted by molar-refractivity contribution is -0.119. The van der Waals surface area contributed by atoms with Crippen LogP contribution >= 0.6 is 11.6 Å². The van der Waals surface area contributed by atoms with Crippen LogP contribution in [0.2, 0.25) is 5.02 Å². The molecule has 3 rings (SSSR count). The second-order valence-electron chi connectivity index (χ2n) is 4.75. The second-order valence-corrected chi connectivity index (χ2v) is 5.18. The summed E-state index contributed by atoms with van der Waals surface area (Å²) in [7, 11) is 1.53. The molecule has 0 bridgehead atoms. The number of hydrogen-bond donors (Lipinski definition) is 0. The molecule has 0 atom stereocenters. The largest absolute Gasteiger partial charge is 0.497 e. The number of hydrogen-bond acceptors (Lipinski definition) is 3. The Labute approximate surface area is 132 Å². The zero-order valence-corrected chi connectivity index (χ0v) is 12.5. The van der Waals surface area contributed by atoms with Gasteiger partial charge in [-0.15, -0.1) is 0 Å². The quantitative estimate of drug-likeness (QED) is 0.817. The SMILES string of the molecule is COc1cccc(N2C(=O)C=C(c3ccc(Cl)cc3)C2=O)c1. The van der Waals surface area contributed by atoms with Gasteiger partial charge in [0.05, 0.1) is 18.4 Å². The van der Waals surface area contributed by atoms with Crippen molar-refractivity contribution in [1.82, 2.24) is 0 Å². The number of anilines is 1. The standard InChI is InChI=1S/C17H12ClNO3/c1-22-14-4-2-3-13(9-14)19-16(20)10-15(17(19)21)11-5-7-12(18)8-6-11/h2-10H,1H3. The van der Waals surface area contributed by atoms with Gasteiger partial charge in [0, 0.05) is 17.2 Å². The number of carbonyl (C=O) groups is 2. The molecule has 22 heavy (non-hydrogen) atoms. The maximum absolute atomic E-state index is 12.6. The van der Waals surface area contributed by atoms with E-state index in [0.29, 0.717) is 27.6 Å². The van der Waals surface area contributed by atoms with E-state index in [9.17, 15) is 9.59 Å². The third kappa shape index (κ3) is 2.49. The van der Waals surface area contributed by atoms with Crippen molar-refractivity contribution < 1.29 is 14.3 Å². The predicted octanol–water partition coefficient (Wildman–Crippen LogP) is 3.31. The lowest BCUT2D eigenvalue weighted by atomic mass is 10.1. The van der Waals surface area contributed by atoms with E-state index in [1.165, 1.54) is 13.2 Å². The van der Waals surface area contributed by atoms with Gasteiger partial charge in [-0.1, -0.05) is 29.8 Å². The first-order valence-electron chi connectivity index (χ1n) is 6.60. The minimum Gasteiger partial charge on any atom is -0.497 e. The highest BCUT2D eigenvalue weighted by molar-refractivity contribution is 6.43. The minimum absolute atomic E-state index is 0.351. The van der Waals surface area contributed by atoms with Crippen molar-refractivity contribution in [2.24, 2.45) is 0 Å². The van der Waals surface area contributed by atoms with Crippen LogP contribution in [0, 0.1) is 0 Å². The van der Waals surface area contributed by atoms with Crippen molar-refractivity contribution in [2.45, 2.75) is 0 Å². The summed E-state index contributed by atoms with van der Waals surface area (Å²) in [5.41, 5.74) is 1.49. The maximum Gasteiger partial charge on any atom is 0.266 e. The van der Waals surface area contributed by atoms with Crippen LogP contribution in [0.25, 0.3) is 5.57 Å². The lowest BCUT2D eigenvalue weighted by Gasteiger charge is -2.15. The molecular formula is C17H12ClNO3. The van der Waals surface area contributed by atoms with E-state index in [2.05, 4.69) is 0 Å². The Bertz CT molecular complexity index is 781. The van der Waals surface area contributed by atoms with Gasteiger partial charge < -0.3 is 4.74 Å². The zero-order valence-electron chi connectivity index (χ0n) is 11.7. The number of rotatable bonds is 3. The molecule has 110 valence electrons. The smallest absolute Gasteiger partial charge is 0.266 e. The fourth-order valence-electron chi connectivity index (χ4n) is 2.30. The molecule has 2 aromatic carbocycles. The fourth-order valence-corrected chi connectivity index (χ4v) is 2.43. The first-order valence-corrected chi connectivity index (χ1v) is 6.98. The summed E-state index contributed by atoms with van der Waals surface area (Å²) in [4.78, 5) is 25.9. The molecule has 1 heterocycles. The van der Waals surface area contributed by atoms with E-state index in [1.54, 1.807) is 48.5 Å². The van der Waals surface area contributed by atoms with E-state index in [1.807, 2.05) is 0 Å². The maximum atomic E-state index is 12.6. The van der Waals surface area contributed by atoms with E-state index in [4.69, 9.17) is 16.3 Å². The molecule has 0 aromatic heterocycles. The highest BCUT2D eigenvalue weighted by Crippen LogP contribution is 2.30. The summed E-state index contributed by atoms with van der Waals surface area (Å²) in [5.74, 6) is -0.151. The predicted molar refractivity (Wildman–Crippen MR) is 84.9 cm³/mol. The van der Waals surface area contributed by atoms with Gasteiger partial charge in [0.15, 0.2) is 0 Å². The average Bonchev–Trinajstić information content (AvgIpc) is 2.83. The Morgan fingerprint density at radius 2 is 1.77 bits per heavy atom. The molecule has 0 spiro atoms. The van der Waals surface area contributed by atoms with E-state index >= 15 is 0 Å². The van der Waals surface area contributed by atoms with Crippen LogP contribution in [-0.2, 0) is 9.59 Å². The van der Waals surface area contributed by atoms with Gasteiger partial charge in [0.25, 0.3) is 11.8 Å². The third-order valence-corrected chi connectivity index (χ3v) is 3.64. The number of imide groups is 1. The molecule has 1 aliphatic rings. The minimum atomic E-state index is -0.372. The van der Waals surface area contributed by atoms with Gasteiger partial charge in [-0.25, -0.2) is 4.90 Å². The average molecular weight is 314 g/mol. The van der Waals surface area contributed by atoms with Crippen molar-refractivity contribution in [1.29, 1.82) is 0 Å². The Morgan fingerprint density at radius 3 is 2.45 bits per heavy atom. The number of benzene rings is 2. The topological polar surface area (TPSA) is 46.6 Å². The normalized spacial score (nSPS) is 14.3. The molecule has 0 N–H and O–H groups in total. The van der Waals surface area contributed by atoms with Crippen LogP contribution < -0.4 is 9.64 Å². The first-order chi connectivity index (χ1) is 10.6. The molecule has 5 heteroatoms. The summed E-state index contributed by atoms with van der Waals surface area (Å²) in [6, 6.07) is 13.6. The highest BCUT2D eigenvalue weighted by Gasteiger charge is 2.33. The summed E-state index contributed by atoms with van der Waals surface area (Å²) >= 11 is 5.85. The molecule has 1 aliphatic heterocycles. The van der Waals surface area contributed by atoms with Crippen LogP contribution in [0.15, 0.2) is 54.6 Å². The van der Waals surface area contributed by atoms with Crippen LogP contribution in [0.5, 0.6) is 5.75 Å². The van der Waals surface area contributed by atoms with E-state index in [0.717, 1.165) is 4.90 Å². The monoisotopic (exact) mass is 313 g/mol. The number of ether oxygens (including phenoxy) is 1. The summed E-state index contributed by atoms with van der Waals surface area (Å²) in [6.07, 6.45) is 1.34. The van der Waals surface area contributed by atoms with Crippen molar-refractivity contribution in [3.05, 3.63) is 65.2 Å². The molecule has 0 radical (unpaired) electrons. The lowest BCUT2D eigenvalue weighted by Crippen LogP contribution is -2.30. The van der Waals surface area contributed by atoms with Crippen molar-refractivity contribution >= 4 is 34.7 Å². The molecule has 0 unspecified atom stereocenters. The number of halogens is 1. The van der Waals surface area contributed by atoms with Gasteiger partial charge in [0.2, 0.25) is 0 Å². The van der Waals surface area contributed by atoms with Crippen LogP contribution in [-0.4, -0.2) is 18.9 Å². The number of methoxy groups -OCH3 is 1. The van der Waals surface area contributed by atoms with Crippen molar-refractivity contribution in [3.8, 4) is 5.75 Å². The van der Waals surface area contributed by atoms with Crippen molar-refractivity contribution in [3.63, 3.8) is 0 Å². The number of carbonyl (C=O) groups excluding carboxylic acids is 2. The van der Waals surface area contributed by atoms with Gasteiger partial charge in [-0.05, 0) is 29.8 Å². The molecule has 2 amide bonds. The van der Waals surface area contributed by atoms with E-state index < -0.39 is 0 Å². The van der Waals surface area contributed by atoms with E-state index in [-0.39, 0.29) is 11.8 Å². The summed E-state index contributed by atoms with van der Waals surface area (Å²) in [5, 5.41) is 0.575. The first kappa shape index (κ1) is 14.4. The molecule has 2 aromatic rings. The highest BCUT2D eigenvalue weighted by atomic mass is 35.5. The van der Waals surface area contributed by atoms with Crippen LogP contribution in [0.4, 0.5) is 5.69 Å². The Balaban J connectivity index is 1.96. The molecular weight excluding hydrogens is 302 g/mol. The molecule has 0 saturated heterocycles. The fraction of sp³-hybridized carbons (Fsp3) is 0.0588. The number of nitrogens with zero attached hydrogens (tertiary/aromatic N) is 1.